The molecule has 2 aromatic carbocycles. The Morgan fingerprint density at radius 1 is 1.06 bits per heavy atom. The molecule has 0 aromatic heterocycles. The number of hydrogen-bond acceptors (Lipinski definition) is 6. The van der Waals surface area contributed by atoms with Crippen LogP contribution in [0, 0.1) is 11.8 Å². The van der Waals surface area contributed by atoms with Crippen molar-refractivity contribution in [3.63, 3.8) is 0 Å². The van der Waals surface area contributed by atoms with Crippen molar-refractivity contribution in [2.75, 3.05) is 35.0 Å². The summed E-state index contributed by atoms with van der Waals surface area (Å²) in [5.74, 6) is 1.92. The molecule has 0 radical (unpaired) electrons. The third-order valence-electron chi connectivity index (χ3n) is 8.84. The number of benzene rings is 2. The Morgan fingerprint density at radius 2 is 1.76 bits per heavy atom. The van der Waals surface area contributed by atoms with Crippen molar-refractivity contribution in [3.8, 4) is 17.2 Å². The van der Waals surface area contributed by atoms with Crippen molar-refractivity contribution in [1.82, 2.24) is 4.90 Å². The zero-order chi connectivity index (χ0) is 24.0. The molecule has 5 atom stereocenters. The first-order valence-electron chi connectivity index (χ1n) is 12.2. The molecule has 34 heavy (non-hydrogen) atoms. The summed E-state index contributed by atoms with van der Waals surface area (Å²) < 4.78 is 22.0. The van der Waals surface area contributed by atoms with Crippen molar-refractivity contribution in [2.45, 2.75) is 50.1 Å². The minimum Gasteiger partial charge on any atom is -0.493 e. The number of likely N-dealkylation sites (N-methyl/N-ethyl adjacent to an activating group) is 1. The highest BCUT2D eigenvalue weighted by atomic mass is 16.5. The molecule has 4 aliphatic rings. The van der Waals surface area contributed by atoms with E-state index in [1.807, 2.05) is 0 Å². The van der Waals surface area contributed by atoms with Crippen molar-refractivity contribution >= 4 is 5.97 Å². The summed E-state index contributed by atoms with van der Waals surface area (Å²) in [7, 11) is 6.89. The number of ether oxygens (including phenoxy) is 4. The largest absolute Gasteiger partial charge is 0.493 e. The van der Waals surface area contributed by atoms with E-state index in [9.17, 15) is 4.79 Å². The van der Waals surface area contributed by atoms with E-state index in [-0.39, 0.29) is 11.4 Å². The number of nitrogens with zero attached hydrogens (tertiary/aromatic N) is 1. The van der Waals surface area contributed by atoms with E-state index >= 15 is 0 Å². The summed E-state index contributed by atoms with van der Waals surface area (Å²) in [6, 6.07) is 13.3. The Balaban J connectivity index is 1.34. The molecule has 6 nitrogen and oxygen atoms in total. The quantitative estimate of drug-likeness (QED) is 0.562. The second kappa shape index (κ2) is 8.81. The van der Waals surface area contributed by atoms with Gasteiger partial charge in [-0.3, -0.25) is 4.90 Å². The van der Waals surface area contributed by atoms with Crippen LogP contribution in [0.2, 0.25) is 0 Å². The SMILES string of the molecule is CC[C@]12CC3C(COC(=O)c4cc(OC)c(OC)c(OC)c4)CC1C(Cc1ccccc12)N3C. The van der Waals surface area contributed by atoms with Gasteiger partial charge in [-0.15, -0.1) is 0 Å². The van der Waals surface area contributed by atoms with Crippen molar-refractivity contribution in [3.05, 3.63) is 53.1 Å². The molecule has 6 heteroatoms. The molecule has 1 saturated carbocycles. The van der Waals surface area contributed by atoms with Crippen LogP contribution in [-0.4, -0.2) is 57.9 Å². The lowest BCUT2D eigenvalue weighted by Gasteiger charge is -2.65. The van der Waals surface area contributed by atoms with Gasteiger partial charge >= 0.3 is 5.97 Å². The monoisotopic (exact) mass is 465 g/mol. The molecule has 4 unspecified atom stereocenters. The lowest BCUT2D eigenvalue weighted by Crippen LogP contribution is -2.68. The molecular formula is C28H35NO5. The van der Waals surface area contributed by atoms with Gasteiger partial charge in [0.25, 0.3) is 0 Å². The van der Waals surface area contributed by atoms with Gasteiger partial charge in [0, 0.05) is 23.4 Å². The van der Waals surface area contributed by atoms with E-state index in [1.165, 1.54) is 5.56 Å². The van der Waals surface area contributed by atoms with Crippen LogP contribution >= 0.6 is 0 Å². The van der Waals surface area contributed by atoms with E-state index in [2.05, 4.69) is 43.1 Å². The molecule has 3 fully saturated rings. The number of hydrogen-bond donors (Lipinski definition) is 0. The highest BCUT2D eigenvalue weighted by molar-refractivity contribution is 5.91. The Morgan fingerprint density at radius 3 is 2.41 bits per heavy atom. The summed E-state index contributed by atoms with van der Waals surface area (Å²) >= 11 is 0. The van der Waals surface area contributed by atoms with Gasteiger partial charge < -0.3 is 18.9 Å². The van der Waals surface area contributed by atoms with Crippen LogP contribution in [0.25, 0.3) is 0 Å². The highest BCUT2D eigenvalue weighted by Gasteiger charge is 2.59. The Kier molecular flexibility index (Phi) is 5.96. The summed E-state index contributed by atoms with van der Waals surface area (Å²) in [6.45, 7) is 2.77. The number of fused-ring (bicyclic) bond motifs is 2. The number of esters is 1. The number of carbonyl (C=O) groups is 1. The van der Waals surface area contributed by atoms with E-state index in [1.54, 1.807) is 39.0 Å². The topological polar surface area (TPSA) is 57.2 Å². The molecule has 2 aliphatic heterocycles. The zero-order valence-corrected chi connectivity index (χ0v) is 20.8. The van der Waals surface area contributed by atoms with Crippen molar-refractivity contribution < 1.29 is 23.7 Å². The molecule has 0 N–H and O–H groups in total. The standard InChI is InChI=1S/C28H35NO5/c1-6-28-15-23-19(11-21(28)22(29(23)2)12-17-9-7-8-10-20(17)28)16-34-27(30)18-13-24(31-3)26(33-5)25(14-18)32-4/h7-10,13-14,19,21-23H,6,11-12,15-16H2,1-5H3/t19?,21?,22?,23?,28-/m1/s1. The van der Waals surface area contributed by atoms with E-state index in [0.717, 1.165) is 25.7 Å². The summed E-state index contributed by atoms with van der Waals surface area (Å²) in [5, 5.41) is 0. The van der Waals surface area contributed by atoms with Crippen LogP contribution in [0.4, 0.5) is 0 Å². The molecule has 4 bridgehead atoms. The minimum atomic E-state index is -0.362. The predicted molar refractivity (Wildman–Crippen MR) is 130 cm³/mol. The first kappa shape index (κ1) is 23.0. The minimum absolute atomic E-state index is 0.244. The van der Waals surface area contributed by atoms with Crippen LogP contribution in [0.3, 0.4) is 0 Å². The molecule has 182 valence electrons. The van der Waals surface area contributed by atoms with Gasteiger partial charge in [0.15, 0.2) is 11.5 Å². The Labute approximate surface area is 202 Å². The number of methoxy groups -OCH3 is 3. The molecule has 2 heterocycles. The molecule has 2 aromatic rings. The average molecular weight is 466 g/mol. The van der Waals surface area contributed by atoms with Crippen LogP contribution < -0.4 is 14.2 Å². The fraction of sp³-hybridized carbons (Fsp3) is 0.536. The molecule has 2 saturated heterocycles. The van der Waals surface area contributed by atoms with Gasteiger partial charge in [0.2, 0.25) is 5.75 Å². The van der Waals surface area contributed by atoms with Gasteiger partial charge in [-0.1, -0.05) is 31.2 Å². The first-order valence-corrected chi connectivity index (χ1v) is 12.2. The number of rotatable bonds is 7. The highest BCUT2D eigenvalue weighted by Crippen LogP contribution is 2.59. The number of piperidine rings is 2. The fourth-order valence-corrected chi connectivity index (χ4v) is 7.18. The van der Waals surface area contributed by atoms with Crippen LogP contribution in [0.15, 0.2) is 36.4 Å². The smallest absolute Gasteiger partial charge is 0.338 e. The Bertz CT molecular complexity index is 1060. The summed E-state index contributed by atoms with van der Waals surface area (Å²) in [6.07, 6.45) is 4.51. The maximum Gasteiger partial charge on any atom is 0.338 e. The second-order valence-corrected chi connectivity index (χ2v) is 9.99. The average Bonchev–Trinajstić information content (AvgIpc) is 2.88. The Hall–Kier alpha value is -2.73. The maximum absolute atomic E-state index is 13.0. The summed E-state index contributed by atoms with van der Waals surface area (Å²) in [4.78, 5) is 15.6. The fourth-order valence-electron chi connectivity index (χ4n) is 7.18. The third-order valence-corrected chi connectivity index (χ3v) is 8.84. The second-order valence-electron chi connectivity index (χ2n) is 9.99. The number of carbonyl (C=O) groups excluding carboxylic acids is 1. The van der Waals surface area contributed by atoms with Gasteiger partial charge in [-0.2, -0.15) is 0 Å². The van der Waals surface area contributed by atoms with E-state index in [4.69, 9.17) is 18.9 Å². The van der Waals surface area contributed by atoms with Crippen LogP contribution in [0.1, 0.15) is 47.7 Å². The summed E-state index contributed by atoms with van der Waals surface area (Å²) in [5.41, 5.74) is 3.72. The maximum atomic E-state index is 13.0. The van der Waals surface area contributed by atoms with Crippen molar-refractivity contribution in [1.29, 1.82) is 0 Å². The van der Waals surface area contributed by atoms with Gasteiger partial charge in [0.05, 0.1) is 33.5 Å². The lowest BCUT2D eigenvalue weighted by atomic mass is 9.48. The van der Waals surface area contributed by atoms with E-state index in [0.29, 0.717) is 53.3 Å². The van der Waals surface area contributed by atoms with Crippen molar-refractivity contribution in [2.24, 2.45) is 11.8 Å². The zero-order valence-electron chi connectivity index (χ0n) is 20.8. The third kappa shape index (κ3) is 3.37. The molecule has 0 spiro atoms. The molecular weight excluding hydrogens is 430 g/mol. The van der Waals surface area contributed by atoms with Gasteiger partial charge in [-0.25, -0.2) is 4.79 Å². The predicted octanol–water partition coefficient (Wildman–Crippen LogP) is 4.48. The molecule has 0 amide bonds. The molecule has 6 rings (SSSR count). The lowest BCUT2D eigenvalue weighted by molar-refractivity contribution is -0.107. The van der Waals surface area contributed by atoms with Gasteiger partial charge in [0.1, 0.15) is 0 Å². The van der Waals surface area contributed by atoms with Crippen LogP contribution in [-0.2, 0) is 16.6 Å². The normalized spacial score (nSPS) is 29.3. The van der Waals surface area contributed by atoms with Crippen LogP contribution in [0.5, 0.6) is 17.2 Å². The molecule has 2 aliphatic carbocycles. The van der Waals surface area contributed by atoms with Gasteiger partial charge in [-0.05, 0) is 61.9 Å². The first-order chi connectivity index (χ1) is 16.5. The van der Waals surface area contributed by atoms with E-state index < -0.39 is 0 Å².